The van der Waals surface area contributed by atoms with E-state index in [2.05, 4.69) is 10.4 Å². The standard InChI is InChI=1S/C12H14F3N3O3/c1-3-21-11(20)8-6(4-16-10(8)19)7-5-17-18(2)9(7)12(13,14)15/h5-6,8H,3-4H2,1-2H3,(H,16,19)/t6-,8-/m1/s1. The molecule has 0 aromatic carbocycles. The Hall–Kier alpha value is -2.06. The smallest absolute Gasteiger partial charge is 0.433 e. The van der Waals surface area contributed by atoms with Gasteiger partial charge < -0.3 is 10.1 Å². The summed E-state index contributed by atoms with van der Waals surface area (Å²) in [6.07, 6.45) is -3.58. The monoisotopic (exact) mass is 305 g/mol. The zero-order valence-electron chi connectivity index (χ0n) is 11.4. The van der Waals surface area contributed by atoms with Crippen molar-refractivity contribution in [3.8, 4) is 0 Å². The molecule has 9 heteroatoms. The van der Waals surface area contributed by atoms with Gasteiger partial charge in [0.25, 0.3) is 0 Å². The number of hydrogen-bond donors (Lipinski definition) is 1. The molecule has 0 aliphatic carbocycles. The molecule has 2 heterocycles. The minimum atomic E-state index is -4.62. The Morgan fingerprint density at radius 1 is 1.57 bits per heavy atom. The molecule has 2 rings (SSSR count). The SMILES string of the molecule is CCOC(=O)[C@H]1C(=O)NC[C@@H]1c1cnn(C)c1C(F)(F)F. The summed E-state index contributed by atoms with van der Waals surface area (Å²) >= 11 is 0. The second kappa shape index (κ2) is 5.38. The van der Waals surface area contributed by atoms with Crippen LogP contribution in [-0.4, -0.2) is 34.8 Å². The van der Waals surface area contributed by atoms with Gasteiger partial charge in [-0.15, -0.1) is 0 Å². The molecule has 0 radical (unpaired) electrons. The van der Waals surface area contributed by atoms with Crippen LogP contribution in [0.5, 0.6) is 0 Å². The van der Waals surface area contributed by atoms with Crippen LogP contribution >= 0.6 is 0 Å². The molecule has 6 nitrogen and oxygen atoms in total. The molecule has 1 fully saturated rings. The predicted octanol–water partition coefficient (Wildman–Crippen LogP) is 0.832. The van der Waals surface area contributed by atoms with Gasteiger partial charge in [0.05, 0.1) is 12.8 Å². The van der Waals surface area contributed by atoms with Crippen molar-refractivity contribution in [1.82, 2.24) is 15.1 Å². The molecule has 1 aliphatic rings. The maximum atomic E-state index is 13.1. The quantitative estimate of drug-likeness (QED) is 0.663. The van der Waals surface area contributed by atoms with Crippen molar-refractivity contribution < 1.29 is 27.5 Å². The van der Waals surface area contributed by atoms with Gasteiger partial charge >= 0.3 is 12.1 Å². The Balaban J connectivity index is 2.42. The number of aryl methyl sites for hydroxylation is 1. The highest BCUT2D eigenvalue weighted by Crippen LogP contribution is 2.39. The average molecular weight is 305 g/mol. The van der Waals surface area contributed by atoms with E-state index in [-0.39, 0.29) is 18.7 Å². The molecule has 0 saturated carbocycles. The van der Waals surface area contributed by atoms with Gasteiger partial charge in [-0.1, -0.05) is 0 Å². The van der Waals surface area contributed by atoms with E-state index in [0.29, 0.717) is 4.68 Å². The fraction of sp³-hybridized carbons (Fsp3) is 0.583. The highest BCUT2D eigenvalue weighted by atomic mass is 19.4. The molecule has 1 aromatic heterocycles. The van der Waals surface area contributed by atoms with Crippen LogP contribution in [0.3, 0.4) is 0 Å². The molecule has 1 aliphatic heterocycles. The lowest BCUT2D eigenvalue weighted by atomic mass is 9.88. The number of alkyl halides is 3. The Labute approximate surface area is 118 Å². The molecule has 116 valence electrons. The van der Waals surface area contributed by atoms with E-state index in [0.717, 1.165) is 13.2 Å². The second-order valence-corrected chi connectivity index (χ2v) is 4.65. The van der Waals surface area contributed by atoms with Crippen molar-refractivity contribution in [2.45, 2.75) is 19.0 Å². The van der Waals surface area contributed by atoms with Crippen LogP contribution in [-0.2, 0) is 27.5 Å². The topological polar surface area (TPSA) is 73.2 Å². The van der Waals surface area contributed by atoms with Crippen molar-refractivity contribution in [1.29, 1.82) is 0 Å². The first-order chi connectivity index (χ1) is 9.77. The van der Waals surface area contributed by atoms with E-state index in [4.69, 9.17) is 4.74 Å². The number of nitrogens with one attached hydrogen (secondary N) is 1. The molecule has 1 N–H and O–H groups in total. The third-order valence-electron chi connectivity index (χ3n) is 3.36. The van der Waals surface area contributed by atoms with E-state index in [1.54, 1.807) is 6.92 Å². The van der Waals surface area contributed by atoms with Crippen molar-refractivity contribution in [3.63, 3.8) is 0 Å². The number of rotatable bonds is 3. The summed E-state index contributed by atoms with van der Waals surface area (Å²) in [4.78, 5) is 23.5. The summed E-state index contributed by atoms with van der Waals surface area (Å²) in [5.41, 5.74) is -1.14. The van der Waals surface area contributed by atoms with E-state index in [1.807, 2.05) is 0 Å². The summed E-state index contributed by atoms with van der Waals surface area (Å²) in [5, 5.41) is 6.00. The minimum absolute atomic E-state index is 0.0501. The van der Waals surface area contributed by atoms with E-state index in [1.165, 1.54) is 0 Å². The number of amides is 1. The van der Waals surface area contributed by atoms with Gasteiger partial charge in [0.15, 0.2) is 0 Å². The highest BCUT2D eigenvalue weighted by molar-refractivity contribution is 6.00. The van der Waals surface area contributed by atoms with Gasteiger partial charge in [0.1, 0.15) is 11.6 Å². The summed E-state index contributed by atoms with van der Waals surface area (Å²) in [6.45, 7) is 1.55. The Kier molecular flexibility index (Phi) is 3.93. The minimum Gasteiger partial charge on any atom is -0.465 e. The normalized spacial score (nSPS) is 22.2. The van der Waals surface area contributed by atoms with Crippen molar-refractivity contribution in [3.05, 3.63) is 17.5 Å². The van der Waals surface area contributed by atoms with Crippen LogP contribution in [0.1, 0.15) is 24.1 Å². The first-order valence-electron chi connectivity index (χ1n) is 6.30. The first kappa shape index (κ1) is 15.3. The highest BCUT2D eigenvalue weighted by Gasteiger charge is 2.47. The van der Waals surface area contributed by atoms with Gasteiger partial charge in [-0.25, -0.2) is 0 Å². The summed E-state index contributed by atoms with van der Waals surface area (Å²) < 4.78 is 44.7. The van der Waals surface area contributed by atoms with Crippen LogP contribution in [0.25, 0.3) is 0 Å². The van der Waals surface area contributed by atoms with Gasteiger partial charge in [-0.05, 0) is 6.92 Å². The molecule has 1 saturated heterocycles. The number of ether oxygens (including phenoxy) is 1. The Morgan fingerprint density at radius 2 is 2.24 bits per heavy atom. The second-order valence-electron chi connectivity index (χ2n) is 4.65. The molecule has 21 heavy (non-hydrogen) atoms. The maximum absolute atomic E-state index is 13.1. The summed E-state index contributed by atoms with van der Waals surface area (Å²) in [5.74, 6) is -3.68. The average Bonchev–Trinajstić information content (AvgIpc) is 2.91. The van der Waals surface area contributed by atoms with Crippen LogP contribution in [0.15, 0.2) is 6.20 Å². The summed E-state index contributed by atoms with van der Waals surface area (Å²) in [7, 11) is 1.16. The van der Waals surface area contributed by atoms with Crippen molar-refractivity contribution in [2.75, 3.05) is 13.2 Å². The number of aromatic nitrogens is 2. The fourth-order valence-corrected chi connectivity index (χ4v) is 2.49. The van der Waals surface area contributed by atoms with E-state index < -0.39 is 35.6 Å². The lowest BCUT2D eigenvalue weighted by Gasteiger charge is -2.17. The molecular formula is C12H14F3N3O3. The lowest BCUT2D eigenvalue weighted by molar-refractivity contribution is -0.152. The zero-order chi connectivity index (χ0) is 15.8. The van der Waals surface area contributed by atoms with Crippen LogP contribution in [0.2, 0.25) is 0 Å². The van der Waals surface area contributed by atoms with Crippen molar-refractivity contribution in [2.24, 2.45) is 13.0 Å². The fourth-order valence-electron chi connectivity index (χ4n) is 2.49. The lowest BCUT2D eigenvalue weighted by Crippen LogP contribution is -2.29. The van der Waals surface area contributed by atoms with Crippen LogP contribution < -0.4 is 5.32 Å². The largest absolute Gasteiger partial charge is 0.465 e. The summed E-state index contributed by atoms with van der Waals surface area (Å²) in [6, 6.07) is 0. The number of hydrogen-bond acceptors (Lipinski definition) is 4. The molecular weight excluding hydrogens is 291 g/mol. The zero-order valence-corrected chi connectivity index (χ0v) is 11.4. The molecule has 1 aromatic rings. The van der Waals surface area contributed by atoms with Crippen LogP contribution in [0, 0.1) is 5.92 Å². The van der Waals surface area contributed by atoms with Crippen LogP contribution in [0.4, 0.5) is 13.2 Å². The third kappa shape index (κ3) is 2.72. The molecule has 0 bridgehead atoms. The number of nitrogens with zero attached hydrogens (tertiary/aromatic N) is 2. The van der Waals surface area contributed by atoms with Gasteiger partial charge in [-0.2, -0.15) is 18.3 Å². The molecule has 2 atom stereocenters. The maximum Gasteiger partial charge on any atom is 0.433 e. The van der Waals surface area contributed by atoms with Crippen molar-refractivity contribution >= 4 is 11.9 Å². The number of esters is 1. The Bertz CT molecular complexity index is 568. The molecule has 1 amide bonds. The molecule has 0 spiro atoms. The Morgan fingerprint density at radius 3 is 2.81 bits per heavy atom. The van der Waals surface area contributed by atoms with E-state index in [9.17, 15) is 22.8 Å². The first-order valence-corrected chi connectivity index (χ1v) is 6.30. The van der Waals surface area contributed by atoms with E-state index >= 15 is 0 Å². The third-order valence-corrected chi connectivity index (χ3v) is 3.36. The molecule has 0 unspecified atom stereocenters. The number of carbonyl (C=O) groups is 2. The van der Waals surface area contributed by atoms with Gasteiger partial charge in [0, 0.05) is 25.1 Å². The predicted molar refractivity (Wildman–Crippen MR) is 64.1 cm³/mol. The number of halogens is 3. The van der Waals surface area contributed by atoms with Gasteiger partial charge in [-0.3, -0.25) is 14.3 Å². The van der Waals surface area contributed by atoms with Gasteiger partial charge in [0.2, 0.25) is 5.91 Å². The number of carbonyl (C=O) groups excluding carboxylic acids is 2.